The normalized spacial score (nSPS) is 23.4. The second kappa shape index (κ2) is 5.79. The average Bonchev–Trinajstić information content (AvgIpc) is 3.04. The van der Waals surface area contributed by atoms with Crippen molar-refractivity contribution in [2.24, 2.45) is 5.92 Å². The van der Waals surface area contributed by atoms with E-state index in [9.17, 15) is 14.4 Å². The Balaban J connectivity index is 1.85. The lowest BCUT2D eigenvalue weighted by Crippen LogP contribution is -2.39. The summed E-state index contributed by atoms with van der Waals surface area (Å²) < 4.78 is 3.19. The highest BCUT2D eigenvalue weighted by Gasteiger charge is 2.42. The molecule has 1 atom stereocenters. The molecule has 0 saturated heterocycles. The number of Topliss-reactive ketones (excluding diaryl/α,β-unsaturated/α-hetero) is 1. The summed E-state index contributed by atoms with van der Waals surface area (Å²) in [4.78, 5) is 39.4. The lowest BCUT2D eigenvalue weighted by Gasteiger charge is -2.30. The molecule has 0 spiro atoms. The van der Waals surface area contributed by atoms with Gasteiger partial charge in [0.2, 0.25) is 0 Å². The van der Waals surface area contributed by atoms with E-state index in [0.29, 0.717) is 23.6 Å². The fraction of sp³-hybridized carbons (Fsp3) is 0.476. The van der Waals surface area contributed by atoms with Crippen LogP contribution in [0.3, 0.4) is 0 Å². The van der Waals surface area contributed by atoms with Gasteiger partial charge in [0.15, 0.2) is 5.78 Å². The minimum absolute atomic E-state index is 0.126. The number of rotatable bonds is 1. The predicted molar refractivity (Wildman–Crippen MR) is 100 cm³/mol. The third-order valence-corrected chi connectivity index (χ3v) is 6.34. The summed E-state index contributed by atoms with van der Waals surface area (Å²) in [6.45, 7) is 0. The maximum Gasteiger partial charge on any atom is 0.277 e. The summed E-state index contributed by atoms with van der Waals surface area (Å²) in [5.41, 5.74) is 1.22. The maximum absolute atomic E-state index is 13.3. The van der Waals surface area contributed by atoms with E-state index in [4.69, 9.17) is 0 Å². The van der Waals surface area contributed by atoms with Gasteiger partial charge in [-0.1, -0.05) is 31.4 Å². The Morgan fingerprint density at radius 3 is 2.23 bits per heavy atom. The second-order valence-electron chi connectivity index (χ2n) is 7.79. The van der Waals surface area contributed by atoms with E-state index >= 15 is 0 Å². The summed E-state index contributed by atoms with van der Waals surface area (Å²) in [6, 6.07) is 6.76. The van der Waals surface area contributed by atoms with Crippen molar-refractivity contribution in [3.8, 4) is 0 Å². The highest BCUT2D eigenvalue weighted by Crippen LogP contribution is 2.45. The zero-order valence-corrected chi connectivity index (χ0v) is 14.7. The smallest absolute Gasteiger partial charge is 0.277 e. The number of hydrogen-bond acceptors (Lipinski definition) is 3. The topological polar surface area (TPSA) is 61.1 Å². The van der Waals surface area contributed by atoms with Gasteiger partial charge < -0.3 is 0 Å². The fourth-order valence-electron chi connectivity index (χ4n) is 5.20. The van der Waals surface area contributed by atoms with Gasteiger partial charge in [-0.2, -0.15) is 0 Å². The highest BCUT2D eigenvalue weighted by atomic mass is 16.2. The average molecular weight is 350 g/mol. The largest absolute Gasteiger partial charge is 0.294 e. The first-order chi connectivity index (χ1) is 12.7. The summed E-state index contributed by atoms with van der Waals surface area (Å²) in [6.07, 6.45) is 7.48. The summed E-state index contributed by atoms with van der Waals surface area (Å²) >= 11 is 0. The molecule has 2 aliphatic carbocycles. The quantitative estimate of drug-likeness (QED) is 0.793. The first kappa shape index (κ1) is 15.8. The second-order valence-corrected chi connectivity index (χ2v) is 7.79. The maximum atomic E-state index is 13.3. The lowest BCUT2D eigenvalue weighted by molar-refractivity contribution is -0.116. The molecule has 0 radical (unpaired) electrons. The molecule has 2 heterocycles. The molecular formula is C21H22N2O3. The van der Waals surface area contributed by atoms with Crippen molar-refractivity contribution in [3.05, 3.63) is 50.5 Å². The van der Waals surface area contributed by atoms with Crippen LogP contribution in [0, 0.1) is 5.92 Å². The van der Waals surface area contributed by atoms with Crippen LogP contribution in [0.15, 0.2) is 39.4 Å². The Labute approximate surface area is 150 Å². The Morgan fingerprint density at radius 2 is 1.50 bits per heavy atom. The Hall–Kier alpha value is -2.43. The zero-order chi connectivity index (χ0) is 17.8. The Bertz CT molecular complexity index is 1070. The van der Waals surface area contributed by atoms with Gasteiger partial charge in [-0.25, -0.2) is 9.36 Å². The number of fused-ring (bicyclic) bond motifs is 3. The molecule has 5 rings (SSSR count). The van der Waals surface area contributed by atoms with Gasteiger partial charge in [0.1, 0.15) is 0 Å². The molecule has 5 nitrogen and oxygen atoms in total. The first-order valence-electron chi connectivity index (χ1n) is 9.71. The molecule has 0 amide bonds. The van der Waals surface area contributed by atoms with E-state index in [-0.39, 0.29) is 28.9 Å². The van der Waals surface area contributed by atoms with Gasteiger partial charge in [-0.05, 0) is 43.7 Å². The number of ketones is 1. The van der Waals surface area contributed by atoms with Gasteiger partial charge in [0.05, 0.1) is 22.5 Å². The minimum atomic E-state index is -0.261. The number of carbonyl (C=O) groups excluding carboxylic acids is 1. The van der Waals surface area contributed by atoms with Crippen molar-refractivity contribution in [1.29, 1.82) is 0 Å². The molecule has 26 heavy (non-hydrogen) atoms. The van der Waals surface area contributed by atoms with Gasteiger partial charge in [-0.15, -0.1) is 0 Å². The number of hydrogen-bond donors (Lipinski definition) is 0. The highest BCUT2D eigenvalue weighted by molar-refractivity contribution is 6.03. The van der Waals surface area contributed by atoms with E-state index in [1.807, 2.05) is 0 Å². The third-order valence-electron chi connectivity index (χ3n) is 6.34. The predicted octanol–water partition coefficient (Wildman–Crippen LogP) is 3.26. The summed E-state index contributed by atoms with van der Waals surface area (Å²) in [5.74, 6) is 0.392. The SMILES string of the molecule is O=C1CCCC2=C1C(C1CCCCC1)n1c(=O)c3ccccc3c(=O)n12. The van der Waals surface area contributed by atoms with Crippen molar-refractivity contribution < 1.29 is 4.79 Å². The van der Waals surface area contributed by atoms with Gasteiger partial charge >= 0.3 is 0 Å². The number of aromatic nitrogens is 2. The molecule has 0 bridgehead atoms. The molecule has 1 saturated carbocycles. The van der Waals surface area contributed by atoms with E-state index in [1.54, 1.807) is 33.6 Å². The van der Waals surface area contributed by atoms with E-state index in [1.165, 1.54) is 6.42 Å². The van der Waals surface area contributed by atoms with Crippen LogP contribution in [-0.4, -0.2) is 15.1 Å². The monoisotopic (exact) mass is 350 g/mol. The first-order valence-corrected chi connectivity index (χ1v) is 9.71. The molecule has 5 heteroatoms. The lowest BCUT2D eigenvalue weighted by atomic mass is 9.78. The van der Waals surface area contributed by atoms with Crippen LogP contribution in [0.1, 0.15) is 57.4 Å². The molecular weight excluding hydrogens is 328 g/mol. The number of benzene rings is 1. The molecule has 1 aromatic heterocycles. The van der Waals surface area contributed by atoms with Gasteiger partial charge in [-0.3, -0.25) is 14.4 Å². The molecule has 3 aliphatic rings. The van der Waals surface area contributed by atoms with Crippen molar-refractivity contribution in [2.45, 2.75) is 57.4 Å². The Morgan fingerprint density at radius 1 is 0.808 bits per heavy atom. The standard InChI is InChI=1S/C21H22N2O3/c24-17-12-6-11-16-18(17)19(13-7-2-1-3-8-13)23-21(26)15-10-5-4-9-14(15)20(25)22(16)23/h4-5,9-10,13,19H,1-3,6-8,11-12H2. The molecule has 1 fully saturated rings. The van der Waals surface area contributed by atoms with E-state index in [2.05, 4.69) is 0 Å². The van der Waals surface area contributed by atoms with Crippen molar-refractivity contribution in [1.82, 2.24) is 9.36 Å². The van der Waals surface area contributed by atoms with Gasteiger partial charge in [0.25, 0.3) is 11.1 Å². The molecule has 2 aromatic rings. The van der Waals surface area contributed by atoms with Crippen LogP contribution >= 0.6 is 0 Å². The summed E-state index contributed by atoms with van der Waals surface area (Å²) in [5, 5.41) is 0.907. The number of allylic oxidation sites excluding steroid dienone is 2. The van der Waals surface area contributed by atoms with Crippen molar-refractivity contribution >= 4 is 22.3 Å². The molecule has 134 valence electrons. The van der Waals surface area contributed by atoms with Crippen LogP contribution in [0.5, 0.6) is 0 Å². The van der Waals surface area contributed by atoms with Crippen LogP contribution in [0.2, 0.25) is 0 Å². The molecule has 1 aliphatic heterocycles. The van der Waals surface area contributed by atoms with Gasteiger partial charge in [0, 0.05) is 12.0 Å². The van der Waals surface area contributed by atoms with Crippen LogP contribution in [0.25, 0.3) is 16.5 Å². The minimum Gasteiger partial charge on any atom is -0.294 e. The van der Waals surface area contributed by atoms with Crippen molar-refractivity contribution in [3.63, 3.8) is 0 Å². The zero-order valence-electron chi connectivity index (χ0n) is 14.7. The van der Waals surface area contributed by atoms with E-state index in [0.717, 1.165) is 43.4 Å². The van der Waals surface area contributed by atoms with Crippen LogP contribution < -0.4 is 11.1 Å². The molecule has 1 unspecified atom stereocenters. The van der Waals surface area contributed by atoms with Crippen molar-refractivity contribution in [2.75, 3.05) is 0 Å². The number of carbonyl (C=O) groups is 1. The summed E-state index contributed by atoms with van der Waals surface area (Å²) in [7, 11) is 0. The third kappa shape index (κ3) is 2.06. The molecule has 0 N–H and O–H groups in total. The van der Waals surface area contributed by atoms with Crippen LogP contribution in [-0.2, 0) is 4.79 Å². The number of nitrogens with zero attached hydrogens (tertiary/aromatic N) is 2. The fourth-order valence-corrected chi connectivity index (χ4v) is 5.20. The van der Waals surface area contributed by atoms with E-state index < -0.39 is 0 Å². The Kier molecular flexibility index (Phi) is 3.52. The molecule has 1 aromatic carbocycles. The van der Waals surface area contributed by atoms with Crippen LogP contribution in [0.4, 0.5) is 0 Å².